The molecule has 88 valence electrons. The standard InChI is InChI=1S/C12H2F4N2/c13-7-1-2-8(14)10-9(7)11(15)5(3-17)6(4-18)12(10)16/h1-2H. The zero-order valence-electron chi connectivity index (χ0n) is 8.56. The third kappa shape index (κ3) is 1.40. The Balaban J connectivity index is 3.20. The number of hydrogen-bond donors (Lipinski definition) is 0. The monoisotopic (exact) mass is 250 g/mol. The lowest BCUT2D eigenvalue weighted by atomic mass is 9.99. The molecule has 0 radical (unpaired) electrons. The highest BCUT2D eigenvalue weighted by Crippen LogP contribution is 2.31. The van der Waals surface area contributed by atoms with Gasteiger partial charge in [0.1, 0.15) is 34.9 Å². The minimum atomic E-state index is -1.44. The zero-order chi connectivity index (χ0) is 13.4. The highest BCUT2D eigenvalue weighted by atomic mass is 19.1. The summed E-state index contributed by atoms with van der Waals surface area (Å²) in [4.78, 5) is 0. The van der Waals surface area contributed by atoms with E-state index >= 15 is 0 Å². The Labute approximate surface area is 98.3 Å². The summed E-state index contributed by atoms with van der Waals surface area (Å²) < 4.78 is 54.4. The van der Waals surface area contributed by atoms with Crippen molar-refractivity contribution in [3.8, 4) is 12.1 Å². The smallest absolute Gasteiger partial charge is 0.153 e. The molecule has 0 amide bonds. The van der Waals surface area contributed by atoms with Gasteiger partial charge in [0.2, 0.25) is 0 Å². The van der Waals surface area contributed by atoms with E-state index in [1.165, 1.54) is 12.1 Å². The van der Waals surface area contributed by atoms with Crippen LogP contribution in [0.5, 0.6) is 0 Å². The molecule has 2 rings (SSSR count). The SMILES string of the molecule is N#Cc1c(C#N)c(F)c2c(F)ccc(F)c2c1F. The lowest BCUT2D eigenvalue weighted by Crippen LogP contribution is -2.01. The van der Waals surface area contributed by atoms with Gasteiger partial charge in [0.25, 0.3) is 0 Å². The van der Waals surface area contributed by atoms with E-state index in [2.05, 4.69) is 0 Å². The topological polar surface area (TPSA) is 47.6 Å². The van der Waals surface area contributed by atoms with Crippen molar-refractivity contribution in [1.29, 1.82) is 10.5 Å². The van der Waals surface area contributed by atoms with Crippen LogP contribution in [0.1, 0.15) is 11.1 Å². The lowest BCUT2D eigenvalue weighted by Gasteiger charge is -2.07. The summed E-state index contributed by atoms with van der Waals surface area (Å²) in [5, 5.41) is 15.4. The first-order valence-corrected chi connectivity index (χ1v) is 4.61. The normalized spacial score (nSPS) is 10.1. The molecule has 0 unspecified atom stereocenters. The lowest BCUT2D eigenvalue weighted by molar-refractivity contribution is 0.575. The fourth-order valence-corrected chi connectivity index (χ4v) is 1.66. The highest BCUT2D eigenvalue weighted by molar-refractivity contribution is 5.88. The van der Waals surface area contributed by atoms with Gasteiger partial charge in [-0.3, -0.25) is 0 Å². The number of fused-ring (bicyclic) bond motifs is 1. The van der Waals surface area contributed by atoms with Gasteiger partial charge in [0.05, 0.1) is 10.8 Å². The molecule has 0 aliphatic heterocycles. The first kappa shape index (κ1) is 11.9. The van der Waals surface area contributed by atoms with E-state index in [-0.39, 0.29) is 0 Å². The van der Waals surface area contributed by atoms with Crippen LogP contribution in [0.2, 0.25) is 0 Å². The van der Waals surface area contributed by atoms with E-state index in [0.717, 1.165) is 0 Å². The van der Waals surface area contributed by atoms with Gasteiger partial charge in [0, 0.05) is 0 Å². The third-order valence-electron chi connectivity index (χ3n) is 2.46. The van der Waals surface area contributed by atoms with Gasteiger partial charge in [-0.15, -0.1) is 0 Å². The van der Waals surface area contributed by atoms with Crippen LogP contribution < -0.4 is 0 Å². The van der Waals surface area contributed by atoms with E-state index in [0.29, 0.717) is 12.1 Å². The Bertz CT molecular complexity index is 689. The van der Waals surface area contributed by atoms with Crippen molar-refractivity contribution >= 4 is 10.8 Å². The maximum atomic E-state index is 13.8. The van der Waals surface area contributed by atoms with Crippen molar-refractivity contribution in [2.75, 3.05) is 0 Å². The molecule has 0 aliphatic carbocycles. The summed E-state index contributed by atoms with van der Waals surface area (Å²) in [6.45, 7) is 0. The van der Waals surface area contributed by atoms with Crippen LogP contribution in [-0.4, -0.2) is 0 Å². The van der Waals surface area contributed by atoms with Crippen LogP contribution in [0.3, 0.4) is 0 Å². The van der Waals surface area contributed by atoms with Crippen molar-refractivity contribution in [3.05, 3.63) is 46.5 Å². The molecule has 2 nitrogen and oxygen atoms in total. The highest BCUT2D eigenvalue weighted by Gasteiger charge is 2.24. The number of halogens is 4. The fourth-order valence-electron chi connectivity index (χ4n) is 1.66. The Morgan fingerprint density at radius 3 is 1.33 bits per heavy atom. The average molecular weight is 250 g/mol. The molecular weight excluding hydrogens is 248 g/mol. The molecule has 0 spiro atoms. The van der Waals surface area contributed by atoms with Gasteiger partial charge in [-0.25, -0.2) is 17.6 Å². The molecule has 0 heterocycles. The van der Waals surface area contributed by atoms with Crippen LogP contribution >= 0.6 is 0 Å². The van der Waals surface area contributed by atoms with E-state index in [4.69, 9.17) is 10.5 Å². The van der Waals surface area contributed by atoms with Crippen LogP contribution in [0.15, 0.2) is 12.1 Å². The number of nitrogens with zero attached hydrogens (tertiary/aromatic N) is 2. The van der Waals surface area contributed by atoms with Crippen LogP contribution in [0, 0.1) is 45.9 Å². The fraction of sp³-hybridized carbons (Fsp3) is 0. The van der Waals surface area contributed by atoms with Crippen molar-refractivity contribution in [2.45, 2.75) is 0 Å². The zero-order valence-corrected chi connectivity index (χ0v) is 8.56. The van der Waals surface area contributed by atoms with Gasteiger partial charge >= 0.3 is 0 Å². The van der Waals surface area contributed by atoms with Crippen molar-refractivity contribution in [3.63, 3.8) is 0 Å². The quantitative estimate of drug-likeness (QED) is 0.674. The maximum absolute atomic E-state index is 13.8. The molecule has 0 saturated heterocycles. The molecule has 0 atom stereocenters. The first-order valence-electron chi connectivity index (χ1n) is 4.61. The van der Waals surface area contributed by atoms with Gasteiger partial charge < -0.3 is 0 Å². The van der Waals surface area contributed by atoms with E-state index < -0.39 is 45.2 Å². The van der Waals surface area contributed by atoms with E-state index in [1.54, 1.807) is 0 Å². The Kier molecular flexibility index (Phi) is 2.64. The molecular formula is C12H2F4N2. The summed E-state index contributed by atoms with van der Waals surface area (Å²) in [6.07, 6.45) is 0. The van der Waals surface area contributed by atoms with Crippen LogP contribution in [0.4, 0.5) is 17.6 Å². The predicted octanol–water partition coefficient (Wildman–Crippen LogP) is 3.14. The second kappa shape index (κ2) is 4.01. The summed E-state index contributed by atoms with van der Waals surface area (Å²) in [5.74, 6) is -5.29. The van der Waals surface area contributed by atoms with Gasteiger partial charge in [-0.05, 0) is 12.1 Å². The second-order valence-electron chi connectivity index (χ2n) is 3.38. The average Bonchev–Trinajstić information content (AvgIpc) is 2.35. The first-order chi connectivity index (χ1) is 8.52. The largest absolute Gasteiger partial charge is 0.206 e. The second-order valence-corrected chi connectivity index (χ2v) is 3.38. The molecule has 0 saturated carbocycles. The molecule has 2 aromatic rings. The van der Waals surface area contributed by atoms with Gasteiger partial charge in [0.15, 0.2) is 11.6 Å². The Hall–Kier alpha value is -2.60. The minimum Gasteiger partial charge on any atom is -0.206 e. The number of hydrogen-bond acceptors (Lipinski definition) is 2. The molecule has 6 heteroatoms. The Morgan fingerprint density at radius 1 is 0.722 bits per heavy atom. The number of rotatable bonds is 0. The van der Waals surface area contributed by atoms with Gasteiger partial charge in [-0.1, -0.05) is 0 Å². The molecule has 0 N–H and O–H groups in total. The molecule has 0 fully saturated rings. The molecule has 0 aliphatic rings. The van der Waals surface area contributed by atoms with Crippen molar-refractivity contribution < 1.29 is 17.6 Å². The van der Waals surface area contributed by atoms with Crippen LogP contribution in [-0.2, 0) is 0 Å². The number of benzene rings is 2. The third-order valence-corrected chi connectivity index (χ3v) is 2.46. The minimum absolute atomic E-state index is 0.618. The summed E-state index contributed by atoms with van der Waals surface area (Å²) in [7, 11) is 0. The summed E-state index contributed by atoms with van der Waals surface area (Å²) in [6, 6.07) is 3.77. The predicted molar refractivity (Wildman–Crippen MR) is 53.2 cm³/mol. The van der Waals surface area contributed by atoms with Crippen LogP contribution in [0.25, 0.3) is 10.8 Å². The van der Waals surface area contributed by atoms with Crippen molar-refractivity contribution in [2.24, 2.45) is 0 Å². The van der Waals surface area contributed by atoms with E-state index in [9.17, 15) is 17.6 Å². The summed E-state index contributed by atoms with van der Waals surface area (Å²) >= 11 is 0. The molecule has 18 heavy (non-hydrogen) atoms. The molecule has 0 bridgehead atoms. The maximum Gasteiger partial charge on any atom is 0.153 e. The Morgan fingerprint density at radius 2 is 1.06 bits per heavy atom. The molecule has 2 aromatic carbocycles. The molecule has 0 aromatic heterocycles. The van der Waals surface area contributed by atoms with E-state index in [1.807, 2.05) is 0 Å². The number of nitriles is 2. The van der Waals surface area contributed by atoms with Gasteiger partial charge in [-0.2, -0.15) is 10.5 Å². The van der Waals surface area contributed by atoms with Crippen molar-refractivity contribution in [1.82, 2.24) is 0 Å². The summed E-state index contributed by atoms with van der Waals surface area (Å²) in [5.41, 5.74) is -1.88.